The largest absolute Gasteiger partial charge is 0.380 e. The molecule has 2 aliphatic heterocycles. The molecule has 0 bridgehead atoms. The van der Waals surface area contributed by atoms with Gasteiger partial charge in [0.2, 0.25) is 0 Å². The fourth-order valence-corrected chi connectivity index (χ4v) is 8.84. The molecule has 6 rings (SSSR count). The van der Waals surface area contributed by atoms with Crippen molar-refractivity contribution in [1.29, 1.82) is 0 Å². The third kappa shape index (κ3) is 29.6. The average molecular weight is 1070 g/mol. The van der Waals surface area contributed by atoms with E-state index in [4.69, 9.17) is 4.79 Å². The molecule has 3 fully saturated rings. The Bertz CT molecular complexity index is 2180. The van der Waals surface area contributed by atoms with Crippen LogP contribution in [-0.2, 0) is 22.6 Å². The highest BCUT2D eigenvalue weighted by Crippen LogP contribution is 2.31. The number of allylic oxidation sites excluding steroid dienone is 2. The number of Topliss-reactive ketones (excluding diaryl/α,β-unsaturated/α-hetero) is 1. The van der Waals surface area contributed by atoms with Crippen molar-refractivity contribution < 1.29 is 19.2 Å². The molecule has 0 unspecified atom stereocenters. The topological polar surface area (TPSA) is 124 Å². The maximum absolute atomic E-state index is 11.2. The highest BCUT2D eigenvalue weighted by molar-refractivity contribution is 5.79. The second-order valence-corrected chi connectivity index (χ2v) is 20.3. The van der Waals surface area contributed by atoms with Gasteiger partial charge < -0.3 is 34.6 Å². The number of likely N-dealkylation sites (tertiary alicyclic amines) is 1. The average Bonchev–Trinajstić information content (AvgIpc) is 3.48. The molecule has 3 aliphatic rings. The molecule has 13 heteroatoms. The summed E-state index contributed by atoms with van der Waals surface area (Å²) in [6.07, 6.45) is 29.9. The van der Waals surface area contributed by atoms with Crippen LogP contribution in [0.1, 0.15) is 155 Å². The Morgan fingerprint density at radius 1 is 0.808 bits per heavy atom. The van der Waals surface area contributed by atoms with Gasteiger partial charge in [0.25, 0.3) is 0 Å². The summed E-state index contributed by atoms with van der Waals surface area (Å²) >= 11 is 0. The van der Waals surface area contributed by atoms with Gasteiger partial charge >= 0.3 is 0 Å². The van der Waals surface area contributed by atoms with E-state index < -0.39 is 0 Å². The number of aldehydes is 2. The highest BCUT2D eigenvalue weighted by atomic mass is 16.1. The number of nitrogens with zero attached hydrogens (tertiary/aromatic N) is 8. The Hall–Kier alpha value is -6.02. The molecule has 2 saturated heterocycles. The molecule has 1 saturated carbocycles. The molecule has 3 aromatic rings. The van der Waals surface area contributed by atoms with E-state index in [-0.39, 0.29) is 0 Å². The molecule has 432 valence electrons. The van der Waals surface area contributed by atoms with Gasteiger partial charge in [0.05, 0.1) is 0 Å². The van der Waals surface area contributed by atoms with Crippen LogP contribution in [0.5, 0.6) is 0 Å². The van der Waals surface area contributed by atoms with Gasteiger partial charge in [-0.2, -0.15) is 5.10 Å². The van der Waals surface area contributed by atoms with Crippen molar-refractivity contribution in [3.05, 3.63) is 131 Å². The number of ketones is 1. The number of carbonyl (C=O) groups excluding carboxylic acids is 4. The predicted octanol–water partition coefficient (Wildman–Crippen LogP) is 12.4. The molecule has 1 N–H and O–H groups in total. The lowest BCUT2D eigenvalue weighted by molar-refractivity contribution is -0.118. The second-order valence-electron chi connectivity index (χ2n) is 20.3. The molecule has 3 aromatic carbocycles. The number of rotatable bonds is 25. The van der Waals surface area contributed by atoms with E-state index in [0.29, 0.717) is 24.7 Å². The van der Waals surface area contributed by atoms with Gasteiger partial charge in [-0.3, -0.25) is 19.3 Å². The van der Waals surface area contributed by atoms with Crippen molar-refractivity contribution in [2.24, 2.45) is 16.1 Å². The molecule has 0 atom stereocenters. The molecule has 13 nitrogen and oxygen atoms in total. The summed E-state index contributed by atoms with van der Waals surface area (Å²) in [6, 6.07) is 22.7. The van der Waals surface area contributed by atoms with Crippen LogP contribution in [0.25, 0.3) is 0 Å². The first kappa shape index (κ1) is 70.0. The number of likely N-dealkylation sites (N-methyl/N-ethyl adjacent to an activating group) is 1. The monoisotopic (exact) mass is 1070 g/mol. The minimum Gasteiger partial charge on any atom is -0.380 e. The first-order valence-electron chi connectivity index (χ1n) is 28.8. The predicted molar refractivity (Wildman–Crippen MR) is 334 cm³/mol. The van der Waals surface area contributed by atoms with Crippen molar-refractivity contribution in [1.82, 2.24) is 24.9 Å². The highest BCUT2D eigenvalue weighted by Gasteiger charge is 2.22. The van der Waals surface area contributed by atoms with Gasteiger partial charge in [-0.1, -0.05) is 108 Å². The lowest BCUT2D eigenvalue weighted by atomic mass is 9.88. The summed E-state index contributed by atoms with van der Waals surface area (Å²) in [5.41, 5.74) is 8.85. The van der Waals surface area contributed by atoms with Crippen LogP contribution < -0.4 is 15.1 Å². The van der Waals surface area contributed by atoms with Crippen LogP contribution in [-0.4, -0.2) is 152 Å². The van der Waals surface area contributed by atoms with Crippen molar-refractivity contribution in [3.8, 4) is 0 Å². The van der Waals surface area contributed by atoms with E-state index in [1.54, 1.807) is 6.34 Å². The van der Waals surface area contributed by atoms with Crippen LogP contribution in [0.2, 0.25) is 0 Å². The van der Waals surface area contributed by atoms with Crippen molar-refractivity contribution in [2.75, 3.05) is 104 Å². The van der Waals surface area contributed by atoms with E-state index in [9.17, 15) is 14.4 Å². The van der Waals surface area contributed by atoms with Crippen LogP contribution in [0, 0.1) is 5.92 Å². The molecular weight excluding hydrogens is 971 g/mol. The second kappa shape index (κ2) is 43.9. The van der Waals surface area contributed by atoms with Crippen LogP contribution in [0.15, 0.2) is 113 Å². The number of hydrogen-bond donors (Lipinski definition) is 1. The van der Waals surface area contributed by atoms with Gasteiger partial charge in [-0.25, -0.2) is 0 Å². The zero-order valence-corrected chi connectivity index (χ0v) is 50.3. The Balaban J connectivity index is 0.000000630. The maximum Gasteiger partial charge on any atom is 0.150 e. The summed E-state index contributed by atoms with van der Waals surface area (Å²) in [5, 5.41) is 10.5. The first-order chi connectivity index (χ1) is 37.9. The van der Waals surface area contributed by atoms with Gasteiger partial charge in [0.1, 0.15) is 31.5 Å². The van der Waals surface area contributed by atoms with Crippen molar-refractivity contribution in [3.63, 3.8) is 0 Å². The Morgan fingerprint density at radius 2 is 1.47 bits per heavy atom. The molecule has 0 radical (unpaired) electrons. The molecular formula is C65H103N9O4. The number of unbranched alkanes of at least 4 members (excludes halogenated alkanes) is 1. The number of benzene rings is 3. The smallest absolute Gasteiger partial charge is 0.150 e. The SMILES string of the molecule is C1CCC1.C=N/N=C\N(C)CCc1cccc(N(C)/C=C/C=C\C(=C/N(C)CC)CN2CCC(CN(C)C)CC2)c1.C=O.CC.CCCCC(=O)CC.CNCc1cc(N2CCC(c3ccc(C=O)cc3)CC2)ccc1C=O. The molecule has 2 heterocycles. The van der Waals surface area contributed by atoms with E-state index in [1.807, 2.05) is 70.8 Å². The number of hydrogen-bond acceptors (Lipinski definition) is 12. The lowest BCUT2D eigenvalue weighted by Gasteiger charge is -2.34. The number of carbonyl (C=O) groups is 4. The quantitative estimate of drug-likeness (QED) is 0.0287. The van der Waals surface area contributed by atoms with Gasteiger partial charge in [-0.15, -0.1) is 5.10 Å². The summed E-state index contributed by atoms with van der Waals surface area (Å²) in [6.45, 7) is 24.7. The van der Waals surface area contributed by atoms with Crippen LogP contribution in [0.4, 0.5) is 11.4 Å². The fourth-order valence-electron chi connectivity index (χ4n) is 8.84. The standard InChI is InChI=1S/C30H49N7.C21H24N2O2.C7H14O.C4H8.C2H6.CH2O/c1-8-34(5)24-29(25-37-20-16-28(17-21-37)23-33(3)4)12-9-10-18-36(7)30-14-11-13-27(22-30)15-19-35(6)26-32-31-2;1-22-13-20-12-21(7-6-19(20)15-25)23-10-8-18(9-11-23)17-4-2-16(14-24)3-5-17;1-3-5-6-7(8)4-2;1-2-4-3-1;2*1-2/h9-14,18,22,24,26,28H,2,8,15-17,19-21,23,25H2,1,3-7H3;2-7,12,14-15,18,22H,8-11,13H2,1H3;3-6H2,1-2H3;1-4H2;1-2H3;1H2/b12-9-,18-10+,29-24+,32-26-;;;;;. The van der Waals surface area contributed by atoms with E-state index in [1.165, 1.54) is 86.2 Å². The molecule has 1 aliphatic carbocycles. The van der Waals surface area contributed by atoms with Crippen molar-refractivity contribution >= 4 is 49.6 Å². The minimum atomic E-state index is 0.395. The number of nitrogens with one attached hydrogen (secondary N) is 1. The summed E-state index contributed by atoms with van der Waals surface area (Å²) in [4.78, 5) is 54.3. The molecule has 0 amide bonds. The normalized spacial score (nSPS) is 14.7. The third-order valence-corrected chi connectivity index (χ3v) is 14.0. The summed E-state index contributed by atoms with van der Waals surface area (Å²) in [5.74, 6) is 1.77. The van der Waals surface area contributed by atoms with Gasteiger partial charge in [0.15, 0.2) is 0 Å². The fraction of sp³-hybridized carbons (Fsp3) is 0.538. The Morgan fingerprint density at radius 3 is 2.03 bits per heavy atom. The Labute approximate surface area is 473 Å². The summed E-state index contributed by atoms with van der Waals surface area (Å²) in [7, 11) is 12.5. The van der Waals surface area contributed by atoms with E-state index >= 15 is 0 Å². The maximum atomic E-state index is 11.2. The molecule has 0 aromatic heterocycles. The van der Waals surface area contributed by atoms with Gasteiger partial charge in [0, 0.05) is 121 Å². The zero-order chi connectivity index (χ0) is 57.9. The first-order valence-corrected chi connectivity index (χ1v) is 28.8. The van der Waals surface area contributed by atoms with Gasteiger partial charge in [-0.05, 0) is 150 Å². The van der Waals surface area contributed by atoms with E-state index in [0.717, 1.165) is 106 Å². The molecule has 0 spiro atoms. The van der Waals surface area contributed by atoms with E-state index in [2.05, 4.69) is 162 Å². The lowest BCUT2D eigenvalue weighted by Crippen LogP contribution is -2.38. The minimum absolute atomic E-state index is 0.395. The zero-order valence-electron chi connectivity index (χ0n) is 50.3. The molecule has 78 heavy (non-hydrogen) atoms. The Kier molecular flexibility index (Phi) is 39.4. The number of piperidine rings is 2. The van der Waals surface area contributed by atoms with Crippen LogP contribution >= 0.6 is 0 Å². The summed E-state index contributed by atoms with van der Waals surface area (Å²) < 4.78 is 0. The number of anilines is 2. The third-order valence-electron chi connectivity index (χ3n) is 14.0. The van der Waals surface area contributed by atoms with Crippen molar-refractivity contribution in [2.45, 2.75) is 131 Å². The van der Waals surface area contributed by atoms with Crippen LogP contribution in [0.3, 0.4) is 0 Å².